The molecule has 0 saturated carbocycles. The Morgan fingerprint density at radius 2 is 2.18 bits per heavy atom. The lowest BCUT2D eigenvalue weighted by Gasteiger charge is -2.04. The highest BCUT2D eigenvalue weighted by atomic mass is 19.1. The minimum atomic E-state index is -0.765. The maximum atomic E-state index is 13.0. The summed E-state index contributed by atoms with van der Waals surface area (Å²) in [6.07, 6.45) is -0.765. The smallest absolute Gasteiger partial charge is 0.434 e. The molecule has 0 aliphatic carbocycles. The maximum Gasteiger partial charge on any atom is 0.515 e. The number of aromatic nitrogens is 1. The highest BCUT2D eigenvalue weighted by molar-refractivity contribution is 5.83. The zero-order chi connectivity index (χ0) is 12.4. The number of nitrogens with zero attached hydrogens (tertiary/aromatic N) is 1. The molecule has 0 N–H and O–H groups in total. The van der Waals surface area contributed by atoms with E-state index in [-0.39, 0.29) is 12.4 Å². The Balaban J connectivity index is 2.35. The van der Waals surface area contributed by atoms with Gasteiger partial charge in [-0.3, -0.25) is 0 Å². The third-order valence-corrected chi connectivity index (χ3v) is 2.41. The third kappa shape index (κ3) is 2.22. The van der Waals surface area contributed by atoms with Crippen molar-refractivity contribution in [2.75, 3.05) is 6.61 Å². The fraction of sp³-hybridized carbons (Fsp3) is 0.250. The van der Waals surface area contributed by atoms with Gasteiger partial charge < -0.3 is 14.0 Å². The lowest BCUT2D eigenvalue weighted by atomic mass is 10.2. The summed E-state index contributed by atoms with van der Waals surface area (Å²) in [6.45, 7) is 1.94. The zero-order valence-electron chi connectivity index (χ0n) is 9.57. The van der Waals surface area contributed by atoms with E-state index in [0.29, 0.717) is 11.3 Å². The van der Waals surface area contributed by atoms with E-state index < -0.39 is 6.16 Å². The first-order chi connectivity index (χ1) is 8.11. The maximum absolute atomic E-state index is 13.0. The molecule has 5 heteroatoms. The van der Waals surface area contributed by atoms with Crippen molar-refractivity contribution in [3.63, 3.8) is 0 Å². The summed E-state index contributed by atoms with van der Waals surface area (Å²) >= 11 is 0. The van der Waals surface area contributed by atoms with E-state index in [1.54, 1.807) is 30.7 Å². The van der Waals surface area contributed by atoms with Gasteiger partial charge in [0.2, 0.25) is 5.88 Å². The number of benzene rings is 1. The van der Waals surface area contributed by atoms with Crippen LogP contribution in [0, 0.1) is 5.82 Å². The molecule has 2 rings (SSSR count). The standard InChI is InChI=1S/C12H12FNO3/c1-3-16-12(15)17-11-7-8-6-9(13)4-5-10(8)14(11)2/h4-7H,3H2,1-2H3. The van der Waals surface area contributed by atoms with Crippen molar-refractivity contribution >= 4 is 17.1 Å². The molecule has 0 fully saturated rings. The molecule has 4 nitrogen and oxygen atoms in total. The van der Waals surface area contributed by atoms with E-state index in [0.717, 1.165) is 5.52 Å². The van der Waals surface area contributed by atoms with E-state index >= 15 is 0 Å². The Kier molecular flexibility index (Phi) is 2.99. The summed E-state index contributed by atoms with van der Waals surface area (Å²) in [5.74, 6) is -0.00478. The lowest BCUT2D eigenvalue weighted by Crippen LogP contribution is -2.11. The van der Waals surface area contributed by atoms with Gasteiger partial charge in [0.1, 0.15) is 5.82 Å². The molecule has 0 atom stereocenters. The second kappa shape index (κ2) is 4.45. The molecule has 0 aliphatic rings. The number of carbonyl (C=O) groups is 1. The van der Waals surface area contributed by atoms with Gasteiger partial charge in [-0.05, 0) is 25.1 Å². The molecule has 1 aromatic heterocycles. The molecule has 0 radical (unpaired) electrons. The molecule has 0 bridgehead atoms. The monoisotopic (exact) mass is 237 g/mol. The Labute approximate surface area is 97.5 Å². The summed E-state index contributed by atoms with van der Waals surface area (Å²) in [5.41, 5.74) is 0.783. The normalized spacial score (nSPS) is 10.5. The van der Waals surface area contributed by atoms with Crippen molar-refractivity contribution in [3.8, 4) is 5.88 Å². The molecule has 0 amide bonds. The molecule has 2 aromatic rings. The van der Waals surface area contributed by atoms with Crippen LogP contribution in [0.5, 0.6) is 5.88 Å². The summed E-state index contributed by atoms with van der Waals surface area (Å²) in [4.78, 5) is 11.2. The topological polar surface area (TPSA) is 40.5 Å². The molecule has 17 heavy (non-hydrogen) atoms. The van der Waals surface area contributed by atoms with Crippen molar-refractivity contribution < 1.29 is 18.7 Å². The first kappa shape index (κ1) is 11.4. The number of rotatable bonds is 2. The SMILES string of the molecule is CCOC(=O)Oc1cc2cc(F)ccc2n1C. The number of aryl methyl sites for hydroxylation is 1. The second-order valence-electron chi connectivity index (χ2n) is 3.53. The molecule has 1 heterocycles. The highest BCUT2D eigenvalue weighted by Gasteiger charge is 2.12. The van der Waals surface area contributed by atoms with Crippen LogP contribution in [0.2, 0.25) is 0 Å². The zero-order valence-corrected chi connectivity index (χ0v) is 9.57. The van der Waals surface area contributed by atoms with Crippen LogP contribution < -0.4 is 4.74 Å². The van der Waals surface area contributed by atoms with Crippen LogP contribution in [0.4, 0.5) is 9.18 Å². The molecule has 0 unspecified atom stereocenters. The largest absolute Gasteiger partial charge is 0.515 e. The van der Waals surface area contributed by atoms with Gasteiger partial charge >= 0.3 is 6.16 Å². The molecular formula is C12H12FNO3. The van der Waals surface area contributed by atoms with Crippen molar-refractivity contribution in [2.45, 2.75) is 6.92 Å². The lowest BCUT2D eigenvalue weighted by molar-refractivity contribution is 0.101. The molecule has 90 valence electrons. The van der Waals surface area contributed by atoms with Gasteiger partial charge in [-0.25, -0.2) is 9.18 Å². The van der Waals surface area contributed by atoms with Gasteiger partial charge in [-0.1, -0.05) is 0 Å². The average Bonchev–Trinajstić information content (AvgIpc) is 2.55. The van der Waals surface area contributed by atoms with Crippen molar-refractivity contribution in [1.82, 2.24) is 4.57 Å². The number of hydrogen-bond acceptors (Lipinski definition) is 3. The minimum absolute atomic E-state index is 0.247. The second-order valence-corrected chi connectivity index (χ2v) is 3.53. The van der Waals surface area contributed by atoms with Gasteiger partial charge in [0.05, 0.1) is 12.1 Å². The summed E-state index contributed by atoms with van der Waals surface area (Å²) in [5, 5.41) is 0.673. The van der Waals surface area contributed by atoms with Gasteiger partial charge in [0.15, 0.2) is 0 Å². The first-order valence-corrected chi connectivity index (χ1v) is 5.21. The van der Waals surface area contributed by atoms with Crippen LogP contribution in [-0.4, -0.2) is 17.3 Å². The van der Waals surface area contributed by atoms with Crippen LogP contribution in [0.15, 0.2) is 24.3 Å². The van der Waals surface area contributed by atoms with Crippen LogP contribution in [0.3, 0.4) is 0 Å². The van der Waals surface area contributed by atoms with Crippen molar-refractivity contribution in [2.24, 2.45) is 7.05 Å². The van der Waals surface area contributed by atoms with Gasteiger partial charge in [0, 0.05) is 18.5 Å². The van der Waals surface area contributed by atoms with Gasteiger partial charge in [-0.15, -0.1) is 0 Å². The number of fused-ring (bicyclic) bond motifs is 1. The summed E-state index contributed by atoms with van der Waals surface area (Å²) < 4.78 is 24.3. The van der Waals surface area contributed by atoms with Crippen molar-refractivity contribution in [3.05, 3.63) is 30.1 Å². The Morgan fingerprint density at radius 3 is 2.88 bits per heavy atom. The highest BCUT2D eigenvalue weighted by Crippen LogP contribution is 2.25. The Morgan fingerprint density at radius 1 is 1.41 bits per heavy atom. The number of hydrogen-bond donors (Lipinski definition) is 0. The Bertz CT molecular complexity index is 562. The van der Waals surface area contributed by atoms with Gasteiger partial charge in [-0.2, -0.15) is 0 Å². The molecule has 0 saturated heterocycles. The van der Waals surface area contributed by atoms with Crippen LogP contribution >= 0.6 is 0 Å². The summed E-state index contributed by atoms with van der Waals surface area (Å²) in [7, 11) is 1.73. The first-order valence-electron chi connectivity index (χ1n) is 5.21. The molecule has 1 aromatic carbocycles. The van der Waals surface area contributed by atoms with Crippen LogP contribution in [-0.2, 0) is 11.8 Å². The predicted octanol–water partition coefficient (Wildman–Crippen LogP) is 2.85. The summed E-state index contributed by atoms with van der Waals surface area (Å²) in [6, 6.07) is 5.96. The molecular weight excluding hydrogens is 225 g/mol. The predicted molar refractivity (Wildman–Crippen MR) is 60.5 cm³/mol. The average molecular weight is 237 g/mol. The third-order valence-electron chi connectivity index (χ3n) is 2.41. The van der Waals surface area contributed by atoms with Crippen molar-refractivity contribution in [1.29, 1.82) is 0 Å². The Hall–Kier alpha value is -2.04. The number of halogens is 1. The van der Waals surface area contributed by atoms with E-state index in [1.807, 2.05) is 0 Å². The van der Waals surface area contributed by atoms with Gasteiger partial charge in [0.25, 0.3) is 0 Å². The number of ether oxygens (including phenoxy) is 2. The fourth-order valence-corrected chi connectivity index (χ4v) is 1.63. The molecule has 0 aliphatic heterocycles. The van der Waals surface area contributed by atoms with Crippen LogP contribution in [0.25, 0.3) is 10.9 Å². The number of carbonyl (C=O) groups excluding carboxylic acids is 1. The van der Waals surface area contributed by atoms with Crippen LogP contribution in [0.1, 0.15) is 6.92 Å². The fourth-order valence-electron chi connectivity index (χ4n) is 1.63. The van der Waals surface area contributed by atoms with E-state index in [4.69, 9.17) is 4.74 Å². The minimum Gasteiger partial charge on any atom is -0.434 e. The van der Waals surface area contributed by atoms with E-state index in [9.17, 15) is 9.18 Å². The quantitative estimate of drug-likeness (QED) is 0.754. The van der Waals surface area contributed by atoms with E-state index in [1.165, 1.54) is 12.1 Å². The van der Waals surface area contributed by atoms with E-state index in [2.05, 4.69) is 4.74 Å². The molecule has 0 spiro atoms.